The van der Waals surface area contributed by atoms with Gasteiger partial charge in [0.05, 0.1) is 17.7 Å². The summed E-state index contributed by atoms with van der Waals surface area (Å²) in [6.45, 7) is -0.298. The molecule has 7 heteroatoms. The number of nitrogens with one attached hydrogen (secondary N) is 1. The molecule has 0 saturated carbocycles. The minimum Gasteiger partial charge on any atom is -0.395 e. The van der Waals surface area contributed by atoms with Gasteiger partial charge >= 0.3 is 6.18 Å². The van der Waals surface area contributed by atoms with E-state index in [1.807, 2.05) is 0 Å². The Morgan fingerprint density at radius 1 is 1.44 bits per heavy atom. The molecule has 0 saturated heterocycles. The van der Waals surface area contributed by atoms with Crippen LogP contribution in [0.3, 0.4) is 0 Å². The highest BCUT2D eigenvalue weighted by Crippen LogP contribution is 2.28. The van der Waals surface area contributed by atoms with Crippen LogP contribution in [-0.4, -0.2) is 29.1 Å². The molecule has 4 nitrogen and oxygen atoms in total. The van der Waals surface area contributed by atoms with E-state index in [0.29, 0.717) is 12.3 Å². The molecule has 0 fully saturated rings. The number of carbonyl (C=O) groups excluding carboxylic acids is 1. The Hall–Kier alpha value is -1.63. The van der Waals surface area contributed by atoms with E-state index in [4.69, 9.17) is 5.11 Å². The Kier molecular flexibility index (Phi) is 3.83. The summed E-state index contributed by atoms with van der Waals surface area (Å²) >= 11 is 0. The topological polar surface area (TPSA) is 62.2 Å². The minimum atomic E-state index is -4.53. The van der Waals surface area contributed by atoms with E-state index in [-0.39, 0.29) is 18.7 Å². The number of pyridine rings is 1. The molecular formula is C9H9F3N2O2. The Labute approximate surface area is 89.1 Å². The number of nitrogens with zero attached hydrogens (tertiary/aromatic N) is 1. The van der Waals surface area contributed by atoms with Gasteiger partial charge in [-0.2, -0.15) is 13.2 Å². The van der Waals surface area contributed by atoms with E-state index in [1.165, 1.54) is 0 Å². The fourth-order valence-electron chi connectivity index (χ4n) is 0.991. The average molecular weight is 234 g/mol. The molecule has 2 N–H and O–H groups in total. The van der Waals surface area contributed by atoms with Crippen LogP contribution in [0.5, 0.6) is 0 Å². The van der Waals surface area contributed by atoms with Crippen LogP contribution < -0.4 is 5.32 Å². The van der Waals surface area contributed by atoms with Crippen molar-refractivity contribution in [3.05, 3.63) is 29.6 Å². The average Bonchev–Trinajstić information content (AvgIpc) is 2.25. The van der Waals surface area contributed by atoms with Gasteiger partial charge in [0.25, 0.3) is 5.91 Å². The smallest absolute Gasteiger partial charge is 0.395 e. The standard InChI is InChI=1S/C9H9F3N2O2/c10-9(11,12)7-3-6(4-13-5-7)8(16)14-1-2-15/h3-5,15H,1-2H2,(H,14,16). The monoisotopic (exact) mass is 234 g/mol. The molecular weight excluding hydrogens is 225 g/mol. The molecule has 0 bridgehead atoms. The summed E-state index contributed by atoms with van der Waals surface area (Å²) < 4.78 is 36.8. The predicted octanol–water partition coefficient (Wildman–Crippen LogP) is 0.823. The number of aliphatic hydroxyl groups excluding tert-OH is 1. The third-order valence-electron chi connectivity index (χ3n) is 1.73. The van der Waals surface area contributed by atoms with Gasteiger partial charge in [-0.15, -0.1) is 0 Å². The maximum atomic E-state index is 12.3. The molecule has 1 amide bonds. The van der Waals surface area contributed by atoms with Crippen LogP contribution >= 0.6 is 0 Å². The van der Waals surface area contributed by atoms with Gasteiger partial charge in [-0.1, -0.05) is 0 Å². The molecule has 0 aliphatic carbocycles. The summed E-state index contributed by atoms with van der Waals surface area (Å²) in [5, 5.41) is 10.7. The van der Waals surface area contributed by atoms with Crippen LogP contribution in [0.1, 0.15) is 15.9 Å². The Morgan fingerprint density at radius 3 is 2.69 bits per heavy atom. The molecule has 0 unspecified atom stereocenters. The van der Waals surface area contributed by atoms with Gasteiger partial charge in [0.15, 0.2) is 0 Å². The summed E-state index contributed by atoms with van der Waals surface area (Å²) in [4.78, 5) is 14.6. The van der Waals surface area contributed by atoms with Crippen molar-refractivity contribution in [2.24, 2.45) is 0 Å². The summed E-state index contributed by atoms with van der Waals surface area (Å²) in [6, 6.07) is 0.708. The highest BCUT2D eigenvalue weighted by molar-refractivity contribution is 5.94. The molecule has 1 aromatic rings. The van der Waals surface area contributed by atoms with E-state index in [0.717, 1.165) is 6.20 Å². The summed E-state index contributed by atoms with van der Waals surface area (Å²) in [5.74, 6) is -0.701. The van der Waals surface area contributed by atoms with Crippen molar-refractivity contribution in [1.29, 1.82) is 0 Å². The predicted molar refractivity (Wildman–Crippen MR) is 48.7 cm³/mol. The first-order chi connectivity index (χ1) is 7.45. The lowest BCUT2D eigenvalue weighted by molar-refractivity contribution is -0.137. The lowest BCUT2D eigenvalue weighted by Crippen LogP contribution is -2.26. The quantitative estimate of drug-likeness (QED) is 0.814. The fourth-order valence-corrected chi connectivity index (χ4v) is 0.991. The van der Waals surface area contributed by atoms with Crippen LogP contribution in [0.4, 0.5) is 13.2 Å². The number of rotatable bonds is 3. The maximum absolute atomic E-state index is 12.3. The Bertz CT molecular complexity index is 379. The summed E-state index contributed by atoms with van der Waals surface area (Å²) in [7, 11) is 0. The molecule has 0 spiro atoms. The highest BCUT2D eigenvalue weighted by Gasteiger charge is 2.31. The number of hydrogen-bond donors (Lipinski definition) is 2. The second-order valence-electron chi connectivity index (χ2n) is 2.94. The van der Waals surface area contributed by atoms with E-state index >= 15 is 0 Å². The molecule has 0 atom stereocenters. The lowest BCUT2D eigenvalue weighted by atomic mass is 10.2. The summed E-state index contributed by atoms with van der Waals surface area (Å²) in [5.41, 5.74) is -1.17. The number of hydrogen-bond acceptors (Lipinski definition) is 3. The zero-order valence-corrected chi connectivity index (χ0v) is 8.08. The van der Waals surface area contributed by atoms with E-state index in [1.54, 1.807) is 0 Å². The van der Waals surface area contributed by atoms with Crippen LogP contribution in [0.15, 0.2) is 18.5 Å². The van der Waals surface area contributed by atoms with Crippen molar-refractivity contribution in [2.75, 3.05) is 13.2 Å². The van der Waals surface area contributed by atoms with Crippen molar-refractivity contribution in [3.8, 4) is 0 Å². The number of aromatic nitrogens is 1. The van der Waals surface area contributed by atoms with Gasteiger partial charge in [-0.05, 0) is 6.07 Å². The first kappa shape index (κ1) is 12.4. The van der Waals surface area contributed by atoms with Crippen molar-refractivity contribution in [1.82, 2.24) is 10.3 Å². The number of carbonyl (C=O) groups is 1. The maximum Gasteiger partial charge on any atom is 0.417 e. The zero-order valence-electron chi connectivity index (χ0n) is 8.08. The lowest BCUT2D eigenvalue weighted by Gasteiger charge is -2.07. The van der Waals surface area contributed by atoms with Gasteiger partial charge in [-0.25, -0.2) is 0 Å². The number of amides is 1. The Balaban J connectivity index is 2.86. The van der Waals surface area contributed by atoms with Crippen LogP contribution in [0.2, 0.25) is 0 Å². The molecule has 1 heterocycles. The summed E-state index contributed by atoms with van der Waals surface area (Å²) in [6.07, 6.45) is -2.86. The normalized spacial score (nSPS) is 11.2. The third kappa shape index (κ3) is 3.20. The van der Waals surface area contributed by atoms with Crippen molar-refractivity contribution < 1.29 is 23.1 Å². The second kappa shape index (κ2) is 4.93. The molecule has 16 heavy (non-hydrogen) atoms. The van der Waals surface area contributed by atoms with Gasteiger partial charge in [-0.3, -0.25) is 9.78 Å². The molecule has 0 aromatic carbocycles. The van der Waals surface area contributed by atoms with Crippen molar-refractivity contribution >= 4 is 5.91 Å². The molecule has 0 radical (unpaired) electrons. The van der Waals surface area contributed by atoms with E-state index in [2.05, 4.69) is 10.3 Å². The molecule has 0 aliphatic heterocycles. The van der Waals surface area contributed by atoms with E-state index in [9.17, 15) is 18.0 Å². The van der Waals surface area contributed by atoms with Crippen LogP contribution in [0, 0.1) is 0 Å². The van der Waals surface area contributed by atoms with Gasteiger partial charge in [0.1, 0.15) is 0 Å². The van der Waals surface area contributed by atoms with Crippen molar-refractivity contribution in [3.63, 3.8) is 0 Å². The minimum absolute atomic E-state index is 0.0188. The van der Waals surface area contributed by atoms with Gasteiger partial charge in [0.2, 0.25) is 0 Å². The van der Waals surface area contributed by atoms with Crippen LogP contribution in [-0.2, 0) is 6.18 Å². The van der Waals surface area contributed by atoms with Crippen LogP contribution in [0.25, 0.3) is 0 Å². The number of aliphatic hydroxyl groups is 1. The molecule has 1 rings (SSSR count). The first-order valence-corrected chi connectivity index (χ1v) is 4.36. The molecule has 0 aliphatic rings. The number of alkyl halides is 3. The van der Waals surface area contributed by atoms with Gasteiger partial charge < -0.3 is 10.4 Å². The third-order valence-corrected chi connectivity index (χ3v) is 1.73. The second-order valence-corrected chi connectivity index (χ2v) is 2.94. The fraction of sp³-hybridized carbons (Fsp3) is 0.333. The molecule has 88 valence electrons. The SMILES string of the molecule is O=C(NCCO)c1cncc(C(F)(F)F)c1. The van der Waals surface area contributed by atoms with Crippen molar-refractivity contribution in [2.45, 2.75) is 6.18 Å². The molecule has 1 aromatic heterocycles. The van der Waals surface area contributed by atoms with Gasteiger partial charge in [0, 0.05) is 18.9 Å². The largest absolute Gasteiger partial charge is 0.417 e. The highest BCUT2D eigenvalue weighted by atomic mass is 19.4. The zero-order chi connectivity index (χ0) is 12.2. The Morgan fingerprint density at radius 2 is 2.12 bits per heavy atom. The first-order valence-electron chi connectivity index (χ1n) is 4.36. The van der Waals surface area contributed by atoms with E-state index < -0.39 is 17.6 Å². The number of halogens is 3.